The number of fused-ring (bicyclic) bond motifs is 1. The number of rotatable bonds is 8. The van der Waals surface area contributed by atoms with E-state index in [2.05, 4.69) is 35.3 Å². The van der Waals surface area contributed by atoms with Crippen molar-refractivity contribution in [1.29, 1.82) is 0 Å². The normalized spacial score (nSPS) is 16.5. The van der Waals surface area contributed by atoms with Gasteiger partial charge in [0.05, 0.1) is 12.3 Å². The van der Waals surface area contributed by atoms with Gasteiger partial charge in [0.15, 0.2) is 11.5 Å². The summed E-state index contributed by atoms with van der Waals surface area (Å²) in [6.07, 6.45) is 5.30. The van der Waals surface area contributed by atoms with Gasteiger partial charge in [-0.2, -0.15) is 0 Å². The highest BCUT2D eigenvalue weighted by Crippen LogP contribution is 2.33. The van der Waals surface area contributed by atoms with E-state index < -0.39 is 0 Å². The summed E-state index contributed by atoms with van der Waals surface area (Å²) in [6, 6.07) is 18.3. The molecule has 0 amide bonds. The van der Waals surface area contributed by atoms with Crippen LogP contribution in [0.15, 0.2) is 65.9 Å². The van der Waals surface area contributed by atoms with Crippen LogP contribution in [-0.2, 0) is 24.1 Å². The van der Waals surface area contributed by atoms with Crippen LogP contribution in [0.5, 0.6) is 17.2 Å². The summed E-state index contributed by atoms with van der Waals surface area (Å²) < 4.78 is 16.7. The van der Waals surface area contributed by atoms with Gasteiger partial charge in [-0.15, -0.1) is 0 Å². The third-order valence-corrected chi connectivity index (χ3v) is 5.74. The van der Waals surface area contributed by atoms with Crippen molar-refractivity contribution in [2.45, 2.75) is 38.7 Å². The largest absolute Gasteiger partial charge is 0.493 e. The van der Waals surface area contributed by atoms with E-state index in [1.807, 2.05) is 42.6 Å². The molecule has 2 aliphatic rings. The second-order valence-corrected chi connectivity index (χ2v) is 8.00. The highest BCUT2D eigenvalue weighted by molar-refractivity contribution is 6.01. The van der Waals surface area contributed by atoms with Gasteiger partial charge in [-0.3, -0.25) is 4.98 Å². The van der Waals surface area contributed by atoms with E-state index in [0.29, 0.717) is 6.61 Å². The molecule has 5 rings (SSSR count). The molecule has 0 fully saturated rings. The number of aromatic nitrogens is 1. The van der Waals surface area contributed by atoms with Crippen LogP contribution in [0, 0.1) is 0 Å². The molecule has 164 valence electrons. The average molecular weight is 431 g/mol. The summed E-state index contributed by atoms with van der Waals surface area (Å²) in [6.45, 7) is 3.01. The second-order valence-electron chi connectivity index (χ2n) is 8.00. The Hall–Kier alpha value is -3.54. The van der Waals surface area contributed by atoms with Crippen LogP contribution < -0.4 is 14.2 Å². The summed E-state index contributed by atoms with van der Waals surface area (Å²) >= 11 is 0. The lowest BCUT2D eigenvalue weighted by Crippen LogP contribution is -2.12. The average Bonchev–Trinajstić information content (AvgIpc) is 3.49. The first kappa shape index (κ1) is 20.4. The second kappa shape index (κ2) is 9.30. The van der Waals surface area contributed by atoms with E-state index in [1.54, 1.807) is 0 Å². The highest BCUT2D eigenvalue weighted by atomic mass is 16.7. The fraction of sp³-hybridized carbons (Fsp3) is 0.308. The minimum Gasteiger partial charge on any atom is -0.493 e. The molecule has 6 nitrogen and oxygen atoms in total. The van der Waals surface area contributed by atoms with Crippen LogP contribution in [0.3, 0.4) is 0 Å². The number of nitrogens with zero attached hydrogens (tertiary/aromatic N) is 2. The Kier molecular flexibility index (Phi) is 5.92. The zero-order valence-corrected chi connectivity index (χ0v) is 18.1. The molecule has 1 atom stereocenters. The van der Waals surface area contributed by atoms with Crippen LogP contribution >= 0.6 is 0 Å². The van der Waals surface area contributed by atoms with Gasteiger partial charge >= 0.3 is 0 Å². The molecule has 0 N–H and O–H groups in total. The van der Waals surface area contributed by atoms with Gasteiger partial charge < -0.3 is 19.0 Å². The van der Waals surface area contributed by atoms with Crippen molar-refractivity contribution in [3.8, 4) is 17.2 Å². The first-order chi connectivity index (χ1) is 15.8. The molecule has 0 bridgehead atoms. The van der Waals surface area contributed by atoms with E-state index in [1.165, 1.54) is 5.56 Å². The van der Waals surface area contributed by atoms with Gasteiger partial charge in [0.2, 0.25) is 6.79 Å². The standard InChI is InChI=1S/C26H26N2O4/c1-2-18-3-7-21(27-16-18)11-12-29-22-8-5-20(6-9-22)24-15-23(32-28-24)13-19-4-10-25-26(14-19)31-17-30-25/h3-10,14,16,23H,2,11-13,15,17H2,1H3. The topological polar surface area (TPSA) is 62.2 Å². The maximum atomic E-state index is 5.89. The van der Waals surface area contributed by atoms with E-state index >= 15 is 0 Å². The maximum absolute atomic E-state index is 5.89. The first-order valence-corrected chi connectivity index (χ1v) is 11.0. The number of benzene rings is 2. The molecule has 6 heteroatoms. The van der Waals surface area contributed by atoms with Gasteiger partial charge in [0.1, 0.15) is 11.9 Å². The number of aryl methyl sites for hydroxylation is 1. The Morgan fingerprint density at radius 3 is 2.62 bits per heavy atom. The third kappa shape index (κ3) is 4.69. The van der Waals surface area contributed by atoms with Gasteiger partial charge in [0, 0.05) is 31.2 Å². The molecular formula is C26H26N2O4. The number of pyridine rings is 1. The zero-order valence-electron chi connectivity index (χ0n) is 18.1. The summed E-state index contributed by atoms with van der Waals surface area (Å²) in [5, 5.41) is 4.31. The molecule has 0 saturated carbocycles. The summed E-state index contributed by atoms with van der Waals surface area (Å²) in [4.78, 5) is 10.2. The van der Waals surface area contributed by atoms with Crippen molar-refractivity contribution in [2.75, 3.05) is 13.4 Å². The van der Waals surface area contributed by atoms with Crippen LogP contribution in [0.1, 0.15) is 35.7 Å². The smallest absolute Gasteiger partial charge is 0.231 e. The summed E-state index contributed by atoms with van der Waals surface area (Å²) in [5.41, 5.74) is 5.47. The summed E-state index contributed by atoms with van der Waals surface area (Å²) in [7, 11) is 0. The van der Waals surface area contributed by atoms with Crippen molar-refractivity contribution < 1.29 is 19.0 Å². The van der Waals surface area contributed by atoms with Crippen LogP contribution in [0.2, 0.25) is 0 Å². The Morgan fingerprint density at radius 2 is 1.81 bits per heavy atom. The zero-order chi connectivity index (χ0) is 21.8. The molecule has 1 aromatic heterocycles. The highest BCUT2D eigenvalue weighted by Gasteiger charge is 2.23. The minimum atomic E-state index is 0.0212. The van der Waals surface area contributed by atoms with Crippen molar-refractivity contribution in [2.24, 2.45) is 5.16 Å². The minimum absolute atomic E-state index is 0.0212. The van der Waals surface area contributed by atoms with Gasteiger partial charge in [-0.05, 0) is 65.6 Å². The third-order valence-electron chi connectivity index (χ3n) is 5.74. The number of hydrogen-bond donors (Lipinski definition) is 0. The lowest BCUT2D eigenvalue weighted by molar-refractivity contribution is 0.0859. The quantitative estimate of drug-likeness (QED) is 0.517. The molecule has 2 aliphatic heterocycles. The predicted molar refractivity (Wildman–Crippen MR) is 122 cm³/mol. The molecule has 1 unspecified atom stereocenters. The fourth-order valence-electron chi connectivity index (χ4n) is 3.87. The molecular weight excluding hydrogens is 404 g/mol. The lowest BCUT2D eigenvalue weighted by atomic mass is 10.00. The van der Waals surface area contributed by atoms with Gasteiger partial charge in [-0.1, -0.05) is 24.2 Å². The van der Waals surface area contributed by atoms with E-state index in [4.69, 9.17) is 19.0 Å². The number of oxime groups is 1. The monoisotopic (exact) mass is 430 g/mol. The van der Waals surface area contributed by atoms with Crippen molar-refractivity contribution in [3.05, 3.63) is 83.2 Å². The molecule has 0 spiro atoms. The summed E-state index contributed by atoms with van der Waals surface area (Å²) in [5.74, 6) is 2.44. The van der Waals surface area contributed by atoms with Gasteiger partial charge in [0.25, 0.3) is 0 Å². The molecule has 3 heterocycles. The predicted octanol–water partition coefficient (Wildman–Crippen LogP) is 4.73. The Labute approximate surface area is 187 Å². The molecule has 32 heavy (non-hydrogen) atoms. The van der Waals surface area contributed by atoms with E-state index in [0.717, 1.165) is 65.5 Å². The molecule has 0 saturated heterocycles. The van der Waals surface area contributed by atoms with Crippen molar-refractivity contribution in [1.82, 2.24) is 4.98 Å². The van der Waals surface area contributed by atoms with E-state index in [-0.39, 0.29) is 12.9 Å². The van der Waals surface area contributed by atoms with Crippen molar-refractivity contribution >= 4 is 5.71 Å². The SMILES string of the molecule is CCc1ccc(CCOc2ccc(C3=NOC(Cc4ccc5c(c4)OCO5)C3)cc2)nc1. The fourth-order valence-corrected chi connectivity index (χ4v) is 3.87. The number of hydrogen-bond acceptors (Lipinski definition) is 6. The van der Waals surface area contributed by atoms with Crippen LogP contribution in [-0.4, -0.2) is 30.2 Å². The van der Waals surface area contributed by atoms with E-state index in [9.17, 15) is 0 Å². The molecule has 2 aromatic carbocycles. The molecule has 0 radical (unpaired) electrons. The number of ether oxygens (including phenoxy) is 3. The first-order valence-electron chi connectivity index (χ1n) is 11.0. The lowest BCUT2D eigenvalue weighted by Gasteiger charge is -2.09. The molecule has 3 aromatic rings. The van der Waals surface area contributed by atoms with Crippen molar-refractivity contribution in [3.63, 3.8) is 0 Å². The Balaban J connectivity index is 1.11. The Bertz CT molecular complexity index is 1090. The maximum Gasteiger partial charge on any atom is 0.231 e. The van der Waals surface area contributed by atoms with Gasteiger partial charge in [-0.25, -0.2) is 0 Å². The Morgan fingerprint density at radius 1 is 0.969 bits per heavy atom. The molecule has 0 aliphatic carbocycles. The van der Waals surface area contributed by atoms with Crippen LogP contribution in [0.25, 0.3) is 0 Å². The van der Waals surface area contributed by atoms with Crippen LogP contribution in [0.4, 0.5) is 0 Å².